The van der Waals surface area contributed by atoms with Gasteiger partial charge < -0.3 is 25.4 Å². The molecule has 0 spiro atoms. The number of rotatable bonds is 9. The maximum Gasteiger partial charge on any atom is 0.270 e. The number of methoxy groups -OCH3 is 1. The number of amides is 1. The summed E-state index contributed by atoms with van der Waals surface area (Å²) in [5, 5.41) is 9.57. The number of ether oxygens (including phenoxy) is 2. The predicted octanol–water partition coefficient (Wildman–Crippen LogP) is 5.22. The Morgan fingerprint density at radius 3 is 2.16 bits per heavy atom. The van der Waals surface area contributed by atoms with Crippen molar-refractivity contribution in [3.8, 4) is 17.2 Å². The standard InChI is InChI=1S/C24H26N4O3S/c1-3-4-14-26-23(29)22-16-21(13-15-25-22)31-20-11-7-18(8-12-20)28-24(32)27-17-5-9-19(30-2)10-6-17/h5-13,15-16H,3-4,14H2,1-2H3,(H,26,29)(H2,27,28,32). The van der Waals surface area contributed by atoms with Gasteiger partial charge in [-0.15, -0.1) is 0 Å². The highest BCUT2D eigenvalue weighted by Gasteiger charge is 2.08. The summed E-state index contributed by atoms with van der Waals surface area (Å²) < 4.78 is 11.0. The van der Waals surface area contributed by atoms with Gasteiger partial charge in [0, 0.05) is 30.2 Å². The van der Waals surface area contributed by atoms with Crippen LogP contribution < -0.4 is 25.4 Å². The largest absolute Gasteiger partial charge is 0.497 e. The van der Waals surface area contributed by atoms with Gasteiger partial charge in [0.1, 0.15) is 22.9 Å². The van der Waals surface area contributed by atoms with E-state index in [1.807, 2.05) is 48.5 Å². The summed E-state index contributed by atoms with van der Waals surface area (Å²) in [6.45, 7) is 2.70. The van der Waals surface area contributed by atoms with Gasteiger partial charge in [0.15, 0.2) is 5.11 Å². The summed E-state index contributed by atoms with van der Waals surface area (Å²) in [4.78, 5) is 16.3. The molecule has 32 heavy (non-hydrogen) atoms. The Kier molecular flexibility index (Phi) is 8.39. The number of carbonyl (C=O) groups is 1. The van der Waals surface area contributed by atoms with Crippen LogP contribution in [0.15, 0.2) is 66.9 Å². The summed E-state index contributed by atoms with van der Waals surface area (Å²) in [5.41, 5.74) is 2.00. The van der Waals surface area contributed by atoms with Crippen molar-refractivity contribution in [3.63, 3.8) is 0 Å². The van der Waals surface area contributed by atoms with Crippen LogP contribution in [-0.2, 0) is 0 Å². The van der Waals surface area contributed by atoms with Gasteiger partial charge in [0.2, 0.25) is 0 Å². The lowest BCUT2D eigenvalue weighted by Gasteiger charge is -2.12. The maximum atomic E-state index is 12.2. The van der Waals surface area contributed by atoms with Crippen LogP contribution >= 0.6 is 12.2 Å². The first-order valence-corrected chi connectivity index (χ1v) is 10.7. The van der Waals surface area contributed by atoms with E-state index in [1.54, 1.807) is 25.4 Å². The zero-order chi connectivity index (χ0) is 22.8. The van der Waals surface area contributed by atoms with Crippen molar-refractivity contribution < 1.29 is 14.3 Å². The van der Waals surface area contributed by atoms with Gasteiger partial charge in [-0.1, -0.05) is 13.3 Å². The van der Waals surface area contributed by atoms with Crippen molar-refractivity contribution in [3.05, 3.63) is 72.6 Å². The Bertz CT molecular complexity index is 1040. The lowest BCUT2D eigenvalue weighted by molar-refractivity contribution is 0.0948. The Morgan fingerprint density at radius 2 is 1.56 bits per heavy atom. The fourth-order valence-corrected chi connectivity index (χ4v) is 3.01. The lowest BCUT2D eigenvalue weighted by Crippen LogP contribution is -2.25. The molecule has 166 valence electrons. The third-order valence-corrected chi connectivity index (χ3v) is 4.68. The van der Waals surface area contributed by atoms with Crippen LogP contribution in [0.2, 0.25) is 0 Å². The molecule has 1 heterocycles. The minimum atomic E-state index is -0.207. The van der Waals surface area contributed by atoms with E-state index in [4.69, 9.17) is 21.7 Å². The number of hydrogen-bond acceptors (Lipinski definition) is 5. The van der Waals surface area contributed by atoms with Crippen LogP contribution in [0.4, 0.5) is 11.4 Å². The highest BCUT2D eigenvalue weighted by atomic mass is 32.1. The molecule has 3 rings (SSSR count). The average molecular weight is 451 g/mol. The first-order valence-electron chi connectivity index (χ1n) is 10.3. The second-order valence-electron chi connectivity index (χ2n) is 6.92. The molecule has 3 N–H and O–H groups in total. The quantitative estimate of drug-likeness (QED) is 0.304. The van der Waals surface area contributed by atoms with Gasteiger partial charge in [-0.25, -0.2) is 0 Å². The number of thiocarbonyl (C=S) groups is 1. The molecular weight excluding hydrogens is 424 g/mol. The molecule has 0 aliphatic carbocycles. The Balaban J connectivity index is 1.54. The highest BCUT2D eigenvalue weighted by Crippen LogP contribution is 2.23. The van der Waals surface area contributed by atoms with Crippen molar-refractivity contribution in [2.45, 2.75) is 19.8 Å². The SMILES string of the molecule is CCCCNC(=O)c1cc(Oc2ccc(NC(=S)Nc3ccc(OC)cc3)cc2)ccn1. The number of nitrogens with zero attached hydrogens (tertiary/aromatic N) is 1. The number of aromatic nitrogens is 1. The molecule has 0 saturated carbocycles. The minimum absolute atomic E-state index is 0.207. The lowest BCUT2D eigenvalue weighted by atomic mass is 10.3. The second-order valence-corrected chi connectivity index (χ2v) is 7.33. The predicted molar refractivity (Wildman–Crippen MR) is 131 cm³/mol. The van der Waals surface area contributed by atoms with Crippen molar-refractivity contribution in [1.82, 2.24) is 10.3 Å². The van der Waals surface area contributed by atoms with Crippen molar-refractivity contribution >= 4 is 34.6 Å². The topological polar surface area (TPSA) is 84.5 Å². The number of anilines is 2. The van der Waals surface area contributed by atoms with Crippen molar-refractivity contribution in [2.24, 2.45) is 0 Å². The van der Waals surface area contributed by atoms with Crippen LogP contribution in [0.5, 0.6) is 17.2 Å². The molecule has 7 nitrogen and oxygen atoms in total. The highest BCUT2D eigenvalue weighted by molar-refractivity contribution is 7.80. The molecule has 1 amide bonds. The Morgan fingerprint density at radius 1 is 0.938 bits per heavy atom. The first kappa shape index (κ1) is 23.0. The number of unbranched alkanes of at least 4 members (excludes halogenated alkanes) is 1. The van der Waals surface area contributed by atoms with Crippen LogP contribution in [0.3, 0.4) is 0 Å². The van der Waals surface area contributed by atoms with E-state index < -0.39 is 0 Å². The van der Waals surface area contributed by atoms with E-state index in [9.17, 15) is 4.79 Å². The average Bonchev–Trinajstić information content (AvgIpc) is 2.81. The number of nitrogens with one attached hydrogen (secondary N) is 3. The number of pyridine rings is 1. The van der Waals surface area contributed by atoms with Crippen molar-refractivity contribution in [1.29, 1.82) is 0 Å². The normalized spacial score (nSPS) is 10.2. The van der Waals surface area contributed by atoms with Gasteiger partial charge in [-0.05, 0) is 73.2 Å². The molecule has 1 aromatic heterocycles. The molecular formula is C24H26N4O3S. The van der Waals surface area contributed by atoms with Gasteiger partial charge in [-0.3, -0.25) is 9.78 Å². The van der Waals surface area contributed by atoms with E-state index in [0.717, 1.165) is 30.0 Å². The van der Waals surface area contributed by atoms with Gasteiger partial charge in [0.25, 0.3) is 5.91 Å². The van der Waals surface area contributed by atoms with Gasteiger partial charge >= 0.3 is 0 Å². The van der Waals surface area contributed by atoms with E-state index in [2.05, 4.69) is 27.9 Å². The number of hydrogen-bond donors (Lipinski definition) is 3. The van der Waals surface area contributed by atoms with Gasteiger partial charge in [-0.2, -0.15) is 0 Å². The molecule has 0 saturated heterocycles. The van der Waals surface area contributed by atoms with E-state index >= 15 is 0 Å². The molecule has 0 fully saturated rings. The van der Waals surface area contributed by atoms with Crippen LogP contribution in [0.25, 0.3) is 0 Å². The van der Waals surface area contributed by atoms with E-state index in [0.29, 0.717) is 28.9 Å². The monoisotopic (exact) mass is 450 g/mol. The van der Waals surface area contributed by atoms with Crippen LogP contribution in [0.1, 0.15) is 30.3 Å². The molecule has 8 heteroatoms. The molecule has 3 aromatic rings. The molecule has 0 aliphatic heterocycles. The number of benzene rings is 2. The van der Waals surface area contributed by atoms with Crippen molar-refractivity contribution in [2.75, 3.05) is 24.3 Å². The zero-order valence-electron chi connectivity index (χ0n) is 18.1. The molecule has 2 aromatic carbocycles. The fraction of sp³-hybridized carbons (Fsp3) is 0.208. The first-order chi connectivity index (χ1) is 15.6. The maximum absolute atomic E-state index is 12.2. The molecule has 0 bridgehead atoms. The van der Waals surface area contributed by atoms with E-state index in [1.165, 1.54) is 0 Å². The Labute approximate surface area is 193 Å². The summed E-state index contributed by atoms with van der Waals surface area (Å²) in [5.74, 6) is 1.75. The molecule has 0 unspecified atom stereocenters. The van der Waals surface area contributed by atoms with Crippen LogP contribution in [-0.4, -0.2) is 29.7 Å². The summed E-state index contributed by atoms with van der Waals surface area (Å²) in [6.07, 6.45) is 3.51. The smallest absolute Gasteiger partial charge is 0.270 e. The molecule has 0 radical (unpaired) electrons. The molecule has 0 aliphatic rings. The van der Waals surface area contributed by atoms with E-state index in [-0.39, 0.29) is 5.91 Å². The summed E-state index contributed by atoms with van der Waals surface area (Å²) in [7, 11) is 1.63. The fourth-order valence-electron chi connectivity index (χ4n) is 2.78. The third-order valence-electron chi connectivity index (χ3n) is 4.48. The zero-order valence-corrected chi connectivity index (χ0v) is 18.9. The summed E-state index contributed by atoms with van der Waals surface area (Å²) >= 11 is 5.36. The third kappa shape index (κ3) is 6.95. The van der Waals surface area contributed by atoms with Crippen LogP contribution in [0, 0.1) is 0 Å². The second kappa shape index (κ2) is 11.7. The number of carbonyl (C=O) groups excluding carboxylic acids is 1. The summed E-state index contributed by atoms with van der Waals surface area (Å²) in [6, 6.07) is 18.2. The van der Waals surface area contributed by atoms with Gasteiger partial charge in [0.05, 0.1) is 7.11 Å². The Hall–Kier alpha value is -3.65. The minimum Gasteiger partial charge on any atom is -0.497 e. The molecule has 0 atom stereocenters.